The fourth-order valence-corrected chi connectivity index (χ4v) is 3.56. The number of hydroxylamine groups is 1. The third-order valence-electron chi connectivity index (χ3n) is 5.16. The van der Waals surface area contributed by atoms with E-state index in [0.29, 0.717) is 23.6 Å². The number of carbonyl (C=O) groups excluding carboxylic acids is 2. The van der Waals surface area contributed by atoms with Crippen molar-refractivity contribution >= 4 is 28.3 Å². The summed E-state index contributed by atoms with van der Waals surface area (Å²) in [6, 6.07) is 20.5. The number of carbonyl (C=O) groups is 2. The van der Waals surface area contributed by atoms with E-state index in [2.05, 4.69) is 5.32 Å². The first-order valence-corrected chi connectivity index (χ1v) is 10.7. The highest BCUT2D eigenvalue weighted by molar-refractivity contribution is 5.90. The fourth-order valence-electron chi connectivity index (χ4n) is 3.56. The Labute approximate surface area is 197 Å². The van der Waals surface area contributed by atoms with E-state index < -0.39 is 11.9 Å². The summed E-state index contributed by atoms with van der Waals surface area (Å²) in [5.41, 5.74) is 9.60. The molecule has 178 valence electrons. The molecule has 2 amide bonds. The molecule has 34 heavy (non-hydrogen) atoms. The number of fused-ring (bicyclic) bond motifs is 1. The number of hydrogen-bond acceptors (Lipinski definition) is 7. The lowest BCUT2D eigenvalue weighted by molar-refractivity contribution is -0.130. The van der Waals surface area contributed by atoms with Crippen LogP contribution in [-0.2, 0) is 16.0 Å². The molecule has 0 aromatic heterocycles. The summed E-state index contributed by atoms with van der Waals surface area (Å²) in [5, 5.41) is 15.2. The number of amides is 2. The molecule has 0 bridgehead atoms. The molecule has 0 aliphatic carbocycles. The lowest BCUT2D eigenvalue weighted by atomic mass is 9.99. The van der Waals surface area contributed by atoms with Crippen molar-refractivity contribution in [2.75, 3.05) is 11.9 Å². The Morgan fingerprint density at radius 1 is 1.09 bits per heavy atom. The van der Waals surface area contributed by atoms with Gasteiger partial charge in [-0.05, 0) is 34.9 Å². The SMILES string of the molecule is CC(=O)Nc1ccccc1OC/C(N)=C/N(N)C(CC(=O)NO)Cc1ccc2ccccc2c1. The number of benzene rings is 3. The van der Waals surface area contributed by atoms with Gasteiger partial charge in [0.15, 0.2) is 0 Å². The van der Waals surface area contributed by atoms with Gasteiger partial charge in [0.25, 0.3) is 0 Å². The largest absolute Gasteiger partial charge is 0.485 e. The molecule has 0 radical (unpaired) electrons. The average Bonchev–Trinajstić information content (AvgIpc) is 2.82. The van der Waals surface area contributed by atoms with Gasteiger partial charge in [-0.25, -0.2) is 11.3 Å². The summed E-state index contributed by atoms with van der Waals surface area (Å²) in [6.07, 6.45) is 1.90. The monoisotopic (exact) mass is 463 g/mol. The number of ether oxygens (including phenoxy) is 1. The third-order valence-corrected chi connectivity index (χ3v) is 5.16. The molecule has 0 heterocycles. The second-order valence-electron chi connectivity index (χ2n) is 7.90. The molecule has 9 nitrogen and oxygen atoms in total. The van der Waals surface area contributed by atoms with Crippen LogP contribution in [0.2, 0.25) is 0 Å². The predicted octanol–water partition coefficient (Wildman–Crippen LogP) is 2.66. The summed E-state index contributed by atoms with van der Waals surface area (Å²) >= 11 is 0. The van der Waals surface area contributed by atoms with Crippen LogP contribution in [0.4, 0.5) is 5.69 Å². The van der Waals surface area contributed by atoms with E-state index in [9.17, 15) is 9.59 Å². The maximum atomic E-state index is 11.9. The Kier molecular flexibility index (Phi) is 8.44. The van der Waals surface area contributed by atoms with E-state index >= 15 is 0 Å². The molecule has 0 aliphatic rings. The van der Waals surface area contributed by atoms with E-state index in [1.165, 1.54) is 18.1 Å². The van der Waals surface area contributed by atoms with Gasteiger partial charge in [0.2, 0.25) is 11.8 Å². The normalized spacial score (nSPS) is 12.1. The molecular formula is C25H29N5O4. The highest BCUT2D eigenvalue weighted by Gasteiger charge is 2.19. The third kappa shape index (κ3) is 6.96. The Balaban J connectivity index is 1.72. The second kappa shape index (κ2) is 11.7. The van der Waals surface area contributed by atoms with Gasteiger partial charge < -0.3 is 20.8 Å². The number of hydrazine groups is 1. The van der Waals surface area contributed by atoms with Crippen LogP contribution < -0.4 is 27.1 Å². The summed E-state index contributed by atoms with van der Waals surface area (Å²) in [4.78, 5) is 23.3. The first-order valence-electron chi connectivity index (χ1n) is 10.7. The lowest BCUT2D eigenvalue weighted by Crippen LogP contribution is -2.42. The molecule has 0 fully saturated rings. The number of hydrogen-bond donors (Lipinski definition) is 5. The van der Waals surface area contributed by atoms with Crippen molar-refractivity contribution in [2.45, 2.75) is 25.8 Å². The highest BCUT2D eigenvalue weighted by Crippen LogP contribution is 2.24. The van der Waals surface area contributed by atoms with E-state index in [4.69, 9.17) is 21.5 Å². The number of para-hydroxylation sites is 2. The Morgan fingerprint density at radius 3 is 2.53 bits per heavy atom. The van der Waals surface area contributed by atoms with Gasteiger partial charge in [-0.3, -0.25) is 14.8 Å². The highest BCUT2D eigenvalue weighted by atomic mass is 16.5. The molecular weight excluding hydrogens is 434 g/mol. The van der Waals surface area contributed by atoms with Gasteiger partial charge in [0, 0.05) is 13.1 Å². The van der Waals surface area contributed by atoms with Crippen LogP contribution in [0.5, 0.6) is 5.75 Å². The topological polar surface area (TPSA) is 143 Å². The zero-order chi connectivity index (χ0) is 24.5. The number of nitrogens with two attached hydrogens (primary N) is 2. The van der Waals surface area contributed by atoms with Crippen molar-refractivity contribution in [1.82, 2.24) is 10.5 Å². The quantitative estimate of drug-likeness (QED) is 0.177. The average molecular weight is 464 g/mol. The molecule has 9 heteroatoms. The minimum Gasteiger partial charge on any atom is -0.485 e. The van der Waals surface area contributed by atoms with Gasteiger partial charge in [-0.15, -0.1) is 0 Å². The number of nitrogens with one attached hydrogen (secondary N) is 2. The molecule has 0 saturated heterocycles. The molecule has 7 N–H and O–H groups in total. The number of nitrogens with zero attached hydrogens (tertiary/aromatic N) is 1. The minimum atomic E-state index is -0.561. The first-order chi connectivity index (χ1) is 16.4. The van der Waals surface area contributed by atoms with Crippen molar-refractivity contribution in [3.63, 3.8) is 0 Å². The van der Waals surface area contributed by atoms with Crippen LogP contribution in [0, 0.1) is 0 Å². The van der Waals surface area contributed by atoms with Crippen molar-refractivity contribution in [1.29, 1.82) is 0 Å². The minimum absolute atomic E-state index is 0.0131. The van der Waals surface area contributed by atoms with Gasteiger partial charge in [0.1, 0.15) is 12.4 Å². The van der Waals surface area contributed by atoms with Gasteiger partial charge in [-0.2, -0.15) is 0 Å². The summed E-state index contributed by atoms with van der Waals surface area (Å²) in [7, 11) is 0. The standard InChI is InChI=1S/C25H29N5O4/c1-17(31)28-23-8-4-5-9-24(23)34-16-21(26)15-30(27)22(14-25(32)29-33)13-18-10-11-19-6-2-3-7-20(19)12-18/h2-12,15,22,33H,13-14,16,26-27H2,1H3,(H,28,31)(H,29,32)/b21-15-. The molecule has 0 spiro atoms. The van der Waals surface area contributed by atoms with Crippen LogP contribution in [0.25, 0.3) is 10.8 Å². The maximum Gasteiger partial charge on any atom is 0.245 e. The smallest absolute Gasteiger partial charge is 0.245 e. The van der Waals surface area contributed by atoms with E-state index in [0.717, 1.165) is 16.3 Å². The van der Waals surface area contributed by atoms with Crippen LogP contribution in [0.3, 0.4) is 0 Å². The Hall–Kier alpha value is -4.08. The van der Waals surface area contributed by atoms with Gasteiger partial charge in [0.05, 0.1) is 23.8 Å². The Bertz CT molecular complexity index is 1180. The van der Waals surface area contributed by atoms with Crippen LogP contribution in [0.15, 0.2) is 78.6 Å². The molecule has 3 aromatic rings. The maximum absolute atomic E-state index is 11.9. The molecule has 3 aromatic carbocycles. The van der Waals surface area contributed by atoms with Gasteiger partial charge >= 0.3 is 0 Å². The molecule has 1 atom stereocenters. The van der Waals surface area contributed by atoms with Crippen LogP contribution >= 0.6 is 0 Å². The fraction of sp³-hybridized carbons (Fsp3) is 0.200. The molecule has 0 aliphatic heterocycles. The summed E-state index contributed by atoms with van der Waals surface area (Å²) in [5.74, 6) is 5.94. The lowest BCUT2D eigenvalue weighted by Gasteiger charge is -2.26. The number of rotatable bonds is 10. The van der Waals surface area contributed by atoms with Crippen molar-refractivity contribution < 1.29 is 19.5 Å². The Morgan fingerprint density at radius 2 is 1.79 bits per heavy atom. The predicted molar refractivity (Wildman–Crippen MR) is 131 cm³/mol. The van der Waals surface area contributed by atoms with Crippen LogP contribution in [-0.4, -0.2) is 34.7 Å². The zero-order valence-electron chi connectivity index (χ0n) is 18.9. The van der Waals surface area contributed by atoms with E-state index in [-0.39, 0.29) is 18.9 Å². The van der Waals surface area contributed by atoms with Gasteiger partial charge in [-0.1, -0.05) is 54.6 Å². The van der Waals surface area contributed by atoms with Crippen molar-refractivity contribution in [3.8, 4) is 5.75 Å². The molecule has 3 rings (SSSR count). The summed E-state index contributed by atoms with van der Waals surface area (Å²) in [6.45, 7) is 1.43. The molecule has 0 saturated carbocycles. The zero-order valence-corrected chi connectivity index (χ0v) is 18.9. The van der Waals surface area contributed by atoms with E-state index in [1.807, 2.05) is 42.5 Å². The van der Waals surface area contributed by atoms with E-state index in [1.54, 1.807) is 29.7 Å². The molecule has 1 unspecified atom stereocenters. The number of anilines is 1. The van der Waals surface area contributed by atoms with Crippen molar-refractivity contribution in [3.05, 3.63) is 84.2 Å². The second-order valence-corrected chi connectivity index (χ2v) is 7.90. The van der Waals surface area contributed by atoms with Crippen LogP contribution in [0.1, 0.15) is 18.9 Å². The van der Waals surface area contributed by atoms with Crippen molar-refractivity contribution in [2.24, 2.45) is 11.6 Å². The first kappa shape index (κ1) is 24.6. The summed E-state index contributed by atoms with van der Waals surface area (Å²) < 4.78 is 5.74.